The fourth-order valence-electron chi connectivity index (χ4n) is 2.77. The number of hydrogen-bond donors (Lipinski definition) is 2. The summed E-state index contributed by atoms with van der Waals surface area (Å²) in [6.45, 7) is 3.98. The number of anilines is 1. The molecule has 2 atom stereocenters. The lowest BCUT2D eigenvalue weighted by Gasteiger charge is -2.20. The van der Waals surface area contributed by atoms with Crippen molar-refractivity contribution in [1.82, 2.24) is 19.9 Å². The van der Waals surface area contributed by atoms with Crippen molar-refractivity contribution in [2.75, 3.05) is 18.4 Å². The first-order valence-corrected chi connectivity index (χ1v) is 7.72. The zero-order valence-electron chi connectivity index (χ0n) is 12.3. The van der Waals surface area contributed by atoms with Crippen molar-refractivity contribution in [3.63, 3.8) is 0 Å². The standard InChI is InChI=1S/C15H18ClN5O/c1-2-21-13(16)9-19-14(15(21)22)20-12-8-17-7-10(12)11-5-3-4-6-18-11/h3-6,9-10,12,17H,2,7-8H2,1H3,(H,19,20)/t10-,12+/m0/s1. The van der Waals surface area contributed by atoms with Gasteiger partial charge in [0.2, 0.25) is 0 Å². The third kappa shape index (κ3) is 2.84. The Hall–Kier alpha value is -1.92. The maximum Gasteiger partial charge on any atom is 0.294 e. The SMILES string of the molecule is CCn1c(Cl)cnc(N[C@@H]2CNC[C@H]2c2ccccn2)c1=O. The average molecular weight is 320 g/mol. The molecular formula is C15H18ClN5O. The van der Waals surface area contributed by atoms with E-state index in [9.17, 15) is 4.79 Å². The van der Waals surface area contributed by atoms with Crippen LogP contribution in [0.5, 0.6) is 0 Å². The van der Waals surface area contributed by atoms with Crippen LogP contribution in [-0.2, 0) is 6.54 Å². The Kier molecular flexibility index (Phi) is 4.40. The number of nitrogens with zero attached hydrogens (tertiary/aromatic N) is 3. The Labute approximate surface area is 133 Å². The third-order valence-corrected chi connectivity index (χ3v) is 4.23. The van der Waals surface area contributed by atoms with Crippen molar-refractivity contribution >= 4 is 17.4 Å². The summed E-state index contributed by atoms with van der Waals surface area (Å²) in [4.78, 5) is 20.9. The molecule has 1 saturated heterocycles. The molecule has 0 aliphatic carbocycles. The third-order valence-electron chi connectivity index (χ3n) is 3.93. The lowest BCUT2D eigenvalue weighted by molar-refractivity contribution is 0.660. The van der Waals surface area contributed by atoms with E-state index in [2.05, 4.69) is 20.6 Å². The van der Waals surface area contributed by atoms with Crippen molar-refractivity contribution in [2.45, 2.75) is 25.4 Å². The molecule has 116 valence electrons. The number of rotatable bonds is 4. The van der Waals surface area contributed by atoms with E-state index in [4.69, 9.17) is 11.6 Å². The highest BCUT2D eigenvalue weighted by atomic mass is 35.5. The zero-order valence-corrected chi connectivity index (χ0v) is 13.0. The molecule has 0 saturated carbocycles. The van der Waals surface area contributed by atoms with E-state index in [1.165, 1.54) is 10.8 Å². The minimum atomic E-state index is -0.193. The summed E-state index contributed by atoms with van der Waals surface area (Å²) in [7, 11) is 0. The zero-order chi connectivity index (χ0) is 15.5. The van der Waals surface area contributed by atoms with E-state index in [1.54, 1.807) is 6.20 Å². The van der Waals surface area contributed by atoms with Crippen LogP contribution in [0.3, 0.4) is 0 Å². The molecule has 3 rings (SSSR count). The van der Waals surface area contributed by atoms with Gasteiger partial charge in [-0.25, -0.2) is 4.98 Å². The van der Waals surface area contributed by atoms with E-state index >= 15 is 0 Å². The van der Waals surface area contributed by atoms with E-state index < -0.39 is 0 Å². The van der Waals surface area contributed by atoms with Crippen molar-refractivity contribution < 1.29 is 0 Å². The second kappa shape index (κ2) is 6.46. The second-order valence-corrected chi connectivity index (χ2v) is 5.64. The molecule has 2 aromatic rings. The molecule has 7 heteroatoms. The minimum absolute atomic E-state index is 0.0709. The Morgan fingerprint density at radius 2 is 2.27 bits per heavy atom. The van der Waals surface area contributed by atoms with Crippen molar-refractivity contribution in [3.8, 4) is 0 Å². The average Bonchev–Trinajstić information content (AvgIpc) is 3.00. The number of nitrogens with one attached hydrogen (secondary N) is 2. The van der Waals surface area contributed by atoms with Crippen LogP contribution in [-0.4, -0.2) is 33.7 Å². The van der Waals surface area contributed by atoms with Gasteiger partial charge in [-0.3, -0.25) is 14.3 Å². The molecule has 3 heterocycles. The number of hydrogen-bond acceptors (Lipinski definition) is 5. The fraction of sp³-hybridized carbons (Fsp3) is 0.400. The van der Waals surface area contributed by atoms with Crippen LogP contribution in [0.4, 0.5) is 5.82 Å². The quantitative estimate of drug-likeness (QED) is 0.893. The highest BCUT2D eigenvalue weighted by molar-refractivity contribution is 6.29. The van der Waals surface area contributed by atoms with Gasteiger partial charge in [0.05, 0.1) is 6.20 Å². The normalized spacial score (nSPS) is 21.0. The van der Waals surface area contributed by atoms with Gasteiger partial charge in [-0.1, -0.05) is 17.7 Å². The largest absolute Gasteiger partial charge is 0.361 e. The van der Waals surface area contributed by atoms with E-state index in [1.807, 2.05) is 25.1 Å². The molecule has 1 fully saturated rings. The van der Waals surface area contributed by atoms with Crippen LogP contribution in [0.1, 0.15) is 18.5 Å². The Morgan fingerprint density at radius 1 is 1.41 bits per heavy atom. The van der Waals surface area contributed by atoms with E-state index in [0.29, 0.717) is 17.5 Å². The molecule has 0 unspecified atom stereocenters. The topological polar surface area (TPSA) is 71.8 Å². The van der Waals surface area contributed by atoms with Crippen molar-refractivity contribution in [3.05, 3.63) is 51.8 Å². The molecule has 1 aliphatic rings. The lowest BCUT2D eigenvalue weighted by atomic mass is 9.99. The molecule has 2 N–H and O–H groups in total. The summed E-state index contributed by atoms with van der Waals surface area (Å²) in [6.07, 6.45) is 3.29. The lowest BCUT2D eigenvalue weighted by Crippen LogP contribution is -2.33. The molecule has 0 bridgehead atoms. The molecule has 2 aromatic heterocycles. The summed E-state index contributed by atoms with van der Waals surface area (Å²) < 4.78 is 1.50. The predicted octanol–water partition coefficient (Wildman–Crippen LogP) is 1.48. The van der Waals surface area contributed by atoms with E-state index in [-0.39, 0.29) is 17.5 Å². The summed E-state index contributed by atoms with van der Waals surface area (Å²) >= 11 is 5.99. The van der Waals surface area contributed by atoms with Gasteiger partial charge in [0.1, 0.15) is 5.15 Å². The van der Waals surface area contributed by atoms with Crippen LogP contribution in [0.2, 0.25) is 5.15 Å². The van der Waals surface area contributed by atoms with Crippen LogP contribution >= 0.6 is 11.6 Å². The van der Waals surface area contributed by atoms with Gasteiger partial charge in [-0.2, -0.15) is 0 Å². The predicted molar refractivity (Wildman–Crippen MR) is 86.4 cm³/mol. The second-order valence-electron chi connectivity index (χ2n) is 5.25. The first-order chi connectivity index (χ1) is 10.7. The Morgan fingerprint density at radius 3 is 3.00 bits per heavy atom. The Bertz CT molecular complexity index is 703. The van der Waals surface area contributed by atoms with Gasteiger partial charge >= 0.3 is 0 Å². The number of aromatic nitrogens is 3. The van der Waals surface area contributed by atoms with Crippen molar-refractivity contribution in [1.29, 1.82) is 0 Å². The van der Waals surface area contributed by atoms with Gasteiger partial charge < -0.3 is 10.6 Å². The molecule has 0 spiro atoms. The van der Waals surface area contributed by atoms with Gasteiger partial charge in [0.15, 0.2) is 5.82 Å². The van der Waals surface area contributed by atoms with Gasteiger partial charge in [0, 0.05) is 43.5 Å². The smallest absolute Gasteiger partial charge is 0.294 e. The van der Waals surface area contributed by atoms with Crippen LogP contribution < -0.4 is 16.2 Å². The molecule has 22 heavy (non-hydrogen) atoms. The fourth-order valence-corrected chi connectivity index (χ4v) is 3.02. The van der Waals surface area contributed by atoms with Gasteiger partial charge in [-0.15, -0.1) is 0 Å². The highest BCUT2D eigenvalue weighted by Gasteiger charge is 2.30. The highest BCUT2D eigenvalue weighted by Crippen LogP contribution is 2.23. The summed E-state index contributed by atoms with van der Waals surface area (Å²) in [6, 6.07) is 5.95. The maximum absolute atomic E-state index is 12.4. The number of pyridine rings is 1. The Balaban J connectivity index is 1.85. The molecule has 6 nitrogen and oxygen atoms in total. The summed E-state index contributed by atoms with van der Waals surface area (Å²) in [5, 5.41) is 6.94. The minimum Gasteiger partial charge on any atom is -0.361 e. The molecule has 0 radical (unpaired) electrons. The molecule has 1 aliphatic heterocycles. The summed E-state index contributed by atoms with van der Waals surface area (Å²) in [5.41, 5.74) is 0.816. The monoisotopic (exact) mass is 319 g/mol. The van der Waals surface area contributed by atoms with Crippen LogP contribution in [0.15, 0.2) is 35.4 Å². The number of halogens is 1. The first-order valence-electron chi connectivity index (χ1n) is 7.34. The summed E-state index contributed by atoms with van der Waals surface area (Å²) in [5.74, 6) is 0.536. The first kappa shape index (κ1) is 15.0. The van der Waals surface area contributed by atoms with Crippen molar-refractivity contribution in [2.24, 2.45) is 0 Å². The van der Waals surface area contributed by atoms with Crippen LogP contribution in [0, 0.1) is 0 Å². The molecule has 0 amide bonds. The van der Waals surface area contributed by atoms with Crippen LogP contribution in [0.25, 0.3) is 0 Å². The van der Waals surface area contributed by atoms with Gasteiger partial charge in [-0.05, 0) is 19.1 Å². The molecule has 0 aromatic carbocycles. The van der Waals surface area contributed by atoms with Gasteiger partial charge in [0.25, 0.3) is 5.56 Å². The maximum atomic E-state index is 12.4. The van der Waals surface area contributed by atoms with E-state index in [0.717, 1.165) is 18.8 Å². The molecular weight excluding hydrogens is 302 g/mol.